The van der Waals surface area contributed by atoms with Gasteiger partial charge in [0.2, 0.25) is 5.95 Å². The molecule has 2 heterocycles. The first kappa shape index (κ1) is 16.5. The summed E-state index contributed by atoms with van der Waals surface area (Å²) in [6.45, 7) is 3.74. The highest BCUT2D eigenvalue weighted by Gasteiger charge is 2.27. The number of methoxy groups -OCH3 is 1. The van der Waals surface area contributed by atoms with Crippen LogP contribution in [0.2, 0.25) is 0 Å². The molecule has 1 aliphatic rings. The zero-order valence-electron chi connectivity index (χ0n) is 13.8. The second kappa shape index (κ2) is 7.46. The van der Waals surface area contributed by atoms with E-state index < -0.39 is 0 Å². The second-order valence-corrected chi connectivity index (χ2v) is 5.72. The van der Waals surface area contributed by atoms with E-state index in [1.165, 1.54) is 0 Å². The first-order valence-electron chi connectivity index (χ1n) is 8.06. The van der Waals surface area contributed by atoms with Crippen LogP contribution < -0.4 is 15.4 Å². The fourth-order valence-corrected chi connectivity index (χ4v) is 3.13. The molecule has 3 rings (SSSR count). The lowest BCUT2D eigenvalue weighted by molar-refractivity contribution is 0.186. The van der Waals surface area contributed by atoms with Crippen LogP contribution in [-0.2, 0) is 0 Å². The SMILES string of the molecule is COc1cccc(C(CN)N2CCN(c3ncccn3)CC2)c1O. The Bertz CT molecular complexity index is 659. The Kier molecular flexibility index (Phi) is 5.12. The molecule has 7 nitrogen and oxygen atoms in total. The van der Waals surface area contributed by atoms with Crippen molar-refractivity contribution in [3.05, 3.63) is 42.2 Å². The molecule has 1 aromatic heterocycles. The number of nitrogens with zero attached hydrogens (tertiary/aromatic N) is 4. The number of rotatable bonds is 5. The Hall–Kier alpha value is -2.38. The van der Waals surface area contributed by atoms with E-state index in [2.05, 4.69) is 19.8 Å². The molecule has 1 aromatic carbocycles. The Balaban J connectivity index is 1.72. The molecule has 0 radical (unpaired) electrons. The molecule has 0 aliphatic carbocycles. The molecule has 0 amide bonds. The van der Waals surface area contributed by atoms with E-state index >= 15 is 0 Å². The van der Waals surface area contributed by atoms with Gasteiger partial charge in [0.25, 0.3) is 0 Å². The maximum Gasteiger partial charge on any atom is 0.225 e. The molecule has 7 heteroatoms. The average Bonchev–Trinajstić information content (AvgIpc) is 2.65. The third kappa shape index (κ3) is 3.27. The van der Waals surface area contributed by atoms with Crippen molar-refractivity contribution in [1.82, 2.24) is 14.9 Å². The summed E-state index contributed by atoms with van der Waals surface area (Å²) in [7, 11) is 1.55. The molecule has 128 valence electrons. The quantitative estimate of drug-likeness (QED) is 0.846. The molecule has 0 spiro atoms. The van der Waals surface area contributed by atoms with Gasteiger partial charge in [-0.15, -0.1) is 0 Å². The number of piperazine rings is 1. The lowest BCUT2D eigenvalue weighted by Gasteiger charge is -2.39. The fraction of sp³-hybridized carbons (Fsp3) is 0.412. The highest BCUT2D eigenvalue weighted by molar-refractivity contribution is 5.47. The summed E-state index contributed by atoms with van der Waals surface area (Å²) in [5.41, 5.74) is 6.82. The fourth-order valence-electron chi connectivity index (χ4n) is 3.13. The van der Waals surface area contributed by atoms with E-state index in [1.807, 2.05) is 18.2 Å². The van der Waals surface area contributed by atoms with E-state index in [1.54, 1.807) is 25.6 Å². The minimum Gasteiger partial charge on any atom is -0.504 e. The van der Waals surface area contributed by atoms with E-state index in [-0.39, 0.29) is 11.8 Å². The van der Waals surface area contributed by atoms with Crippen molar-refractivity contribution in [1.29, 1.82) is 0 Å². The van der Waals surface area contributed by atoms with Gasteiger partial charge in [-0.05, 0) is 12.1 Å². The monoisotopic (exact) mass is 329 g/mol. The predicted molar refractivity (Wildman–Crippen MR) is 92.3 cm³/mol. The molecule has 24 heavy (non-hydrogen) atoms. The molecule has 1 unspecified atom stereocenters. The maximum absolute atomic E-state index is 10.4. The van der Waals surface area contributed by atoms with Crippen molar-refractivity contribution in [2.45, 2.75) is 6.04 Å². The van der Waals surface area contributed by atoms with Crippen LogP contribution in [0, 0.1) is 0 Å². The lowest BCUT2D eigenvalue weighted by Crippen LogP contribution is -2.49. The summed E-state index contributed by atoms with van der Waals surface area (Å²) in [5, 5.41) is 10.4. The summed E-state index contributed by atoms with van der Waals surface area (Å²) in [5.74, 6) is 1.40. The largest absolute Gasteiger partial charge is 0.504 e. The number of benzene rings is 1. The number of nitrogens with two attached hydrogens (primary N) is 1. The second-order valence-electron chi connectivity index (χ2n) is 5.72. The summed E-state index contributed by atoms with van der Waals surface area (Å²) in [6, 6.07) is 7.30. The first-order chi connectivity index (χ1) is 11.7. The van der Waals surface area contributed by atoms with Crippen LogP contribution in [-0.4, -0.2) is 59.8 Å². The van der Waals surface area contributed by atoms with E-state index in [0.29, 0.717) is 12.3 Å². The van der Waals surface area contributed by atoms with Crippen LogP contribution in [0.1, 0.15) is 11.6 Å². The maximum atomic E-state index is 10.4. The first-order valence-corrected chi connectivity index (χ1v) is 8.06. The van der Waals surface area contributed by atoms with Gasteiger partial charge in [-0.1, -0.05) is 12.1 Å². The van der Waals surface area contributed by atoms with Crippen LogP contribution in [0.5, 0.6) is 11.5 Å². The van der Waals surface area contributed by atoms with Gasteiger partial charge in [0, 0.05) is 50.7 Å². The minimum atomic E-state index is -0.0426. The lowest BCUT2D eigenvalue weighted by atomic mass is 10.0. The van der Waals surface area contributed by atoms with Crippen molar-refractivity contribution in [2.75, 3.05) is 44.7 Å². The predicted octanol–water partition coefficient (Wildman–Crippen LogP) is 1.01. The van der Waals surface area contributed by atoms with Gasteiger partial charge in [-0.2, -0.15) is 0 Å². The van der Waals surface area contributed by atoms with Crippen molar-refractivity contribution < 1.29 is 9.84 Å². The molecule has 3 N–H and O–H groups in total. The van der Waals surface area contributed by atoms with Gasteiger partial charge in [0.05, 0.1) is 13.2 Å². The van der Waals surface area contributed by atoms with Crippen molar-refractivity contribution in [3.8, 4) is 11.5 Å². The number of para-hydroxylation sites is 1. The average molecular weight is 329 g/mol. The topological polar surface area (TPSA) is 87.7 Å². The standard InChI is InChI=1S/C17H23N5O2/c1-24-15-5-2-4-13(16(15)23)14(12-18)21-8-10-22(11-9-21)17-19-6-3-7-20-17/h2-7,14,23H,8-12,18H2,1H3. The van der Waals surface area contributed by atoms with Gasteiger partial charge in [0.15, 0.2) is 11.5 Å². The summed E-state index contributed by atoms with van der Waals surface area (Å²) >= 11 is 0. The number of hydrogen-bond acceptors (Lipinski definition) is 7. The highest BCUT2D eigenvalue weighted by Crippen LogP contribution is 2.35. The van der Waals surface area contributed by atoms with Gasteiger partial charge in [-0.25, -0.2) is 9.97 Å². The van der Waals surface area contributed by atoms with E-state index in [0.717, 1.165) is 37.7 Å². The Morgan fingerprint density at radius 1 is 1.17 bits per heavy atom. The van der Waals surface area contributed by atoms with Crippen LogP contribution in [0.3, 0.4) is 0 Å². The number of anilines is 1. The Labute approximate surface area is 141 Å². The molecule has 1 aliphatic heterocycles. The van der Waals surface area contributed by atoms with Crippen molar-refractivity contribution in [3.63, 3.8) is 0 Å². The molecule has 1 saturated heterocycles. The van der Waals surface area contributed by atoms with Crippen molar-refractivity contribution in [2.24, 2.45) is 5.73 Å². The van der Waals surface area contributed by atoms with Gasteiger partial charge in [-0.3, -0.25) is 4.90 Å². The van der Waals surface area contributed by atoms with Gasteiger partial charge in [0.1, 0.15) is 0 Å². The molecule has 1 fully saturated rings. The van der Waals surface area contributed by atoms with Crippen LogP contribution in [0.25, 0.3) is 0 Å². The molecular formula is C17H23N5O2. The Morgan fingerprint density at radius 2 is 1.88 bits per heavy atom. The van der Waals surface area contributed by atoms with E-state index in [4.69, 9.17) is 10.5 Å². The molecular weight excluding hydrogens is 306 g/mol. The number of ether oxygens (including phenoxy) is 1. The summed E-state index contributed by atoms with van der Waals surface area (Å²) < 4.78 is 5.21. The molecule has 2 aromatic rings. The molecule has 0 saturated carbocycles. The third-order valence-electron chi connectivity index (χ3n) is 4.42. The zero-order valence-corrected chi connectivity index (χ0v) is 13.8. The van der Waals surface area contributed by atoms with E-state index in [9.17, 15) is 5.11 Å². The van der Waals surface area contributed by atoms with Crippen LogP contribution >= 0.6 is 0 Å². The smallest absolute Gasteiger partial charge is 0.225 e. The van der Waals surface area contributed by atoms with Crippen LogP contribution in [0.4, 0.5) is 5.95 Å². The number of hydrogen-bond donors (Lipinski definition) is 2. The normalized spacial score (nSPS) is 16.8. The molecule has 0 bridgehead atoms. The zero-order chi connectivity index (χ0) is 16.9. The Morgan fingerprint density at radius 3 is 2.50 bits per heavy atom. The number of phenolic OH excluding ortho intramolecular Hbond substituents is 1. The van der Waals surface area contributed by atoms with Gasteiger partial charge >= 0.3 is 0 Å². The highest BCUT2D eigenvalue weighted by atomic mass is 16.5. The van der Waals surface area contributed by atoms with Crippen molar-refractivity contribution >= 4 is 5.95 Å². The summed E-state index contributed by atoms with van der Waals surface area (Å²) in [4.78, 5) is 13.1. The van der Waals surface area contributed by atoms with Crippen LogP contribution in [0.15, 0.2) is 36.7 Å². The molecule has 1 atom stereocenters. The van der Waals surface area contributed by atoms with Gasteiger partial charge < -0.3 is 20.5 Å². The summed E-state index contributed by atoms with van der Waals surface area (Å²) in [6.07, 6.45) is 3.51. The minimum absolute atomic E-state index is 0.0426. The number of phenols is 1. The third-order valence-corrected chi connectivity index (χ3v) is 4.42. The number of aromatic nitrogens is 2. The number of aromatic hydroxyl groups is 1.